The zero-order valence-corrected chi connectivity index (χ0v) is 12.3. The summed E-state index contributed by atoms with van der Waals surface area (Å²) in [5, 5.41) is 1.20. The molecule has 0 spiro atoms. The van der Waals surface area contributed by atoms with E-state index in [0.29, 0.717) is 0 Å². The van der Waals surface area contributed by atoms with Gasteiger partial charge in [-0.05, 0) is 12.1 Å². The van der Waals surface area contributed by atoms with Crippen LogP contribution in [0.2, 0.25) is 18.1 Å². The van der Waals surface area contributed by atoms with Crippen LogP contribution in [-0.4, -0.2) is 13.8 Å². The molecule has 0 radical (unpaired) electrons. The largest absolute Gasteiger partial charge is 0.256 e. The van der Waals surface area contributed by atoms with Crippen LogP contribution < -0.4 is 0 Å². The molecule has 0 amide bonds. The van der Waals surface area contributed by atoms with Crippen LogP contribution in [0.5, 0.6) is 0 Å². The molecule has 0 saturated carbocycles. The summed E-state index contributed by atoms with van der Waals surface area (Å²) >= 11 is 0. The van der Waals surface area contributed by atoms with Crippen molar-refractivity contribution in [2.24, 2.45) is 0 Å². The number of nitrogens with zero attached hydrogens (tertiary/aromatic N) is 1. The van der Waals surface area contributed by atoms with Crippen molar-refractivity contribution in [1.29, 1.82) is 0 Å². The van der Waals surface area contributed by atoms with Gasteiger partial charge in [0.15, 0.2) is 0 Å². The van der Waals surface area contributed by atoms with E-state index in [1.54, 1.807) is 0 Å². The highest BCUT2D eigenvalue weighted by Gasteiger charge is 1.98. The van der Waals surface area contributed by atoms with Crippen LogP contribution in [-0.2, 0) is 0 Å². The fourth-order valence-corrected chi connectivity index (χ4v) is 3.61. The van der Waals surface area contributed by atoms with E-state index in [1.807, 2.05) is 30.5 Å². The van der Waals surface area contributed by atoms with Crippen molar-refractivity contribution in [3.63, 3.8) is 0 Å². The highest BCUT2D eigenvalue weighted by Crippen LogP contribution is 2.07. The maximum absolute atomic E-state index is 4.18. The monoisotopic (exact) mass is 245 g/mol. The number of para-hydroxylation sites is 1. The first-order valence-electron chi connectivity index (χ1n) is 6.61. The van der Waals surface area contributed by atoms with Crippen LogP contribution in [0, 0.1) is 0 Å². The second kappa shape index (κ2) is 8.01. The molecule has 0 unspecified atom stereocenters. The Morgan fingerprint density at radius 3 is 2.00 bits per heavy atom. The van der Waals surface area contributed by atoms with Crippen LogP contribution in [0.3, 0.4) is 0 Å². The molecule has 2 rings (SSSR count). The van der Waals surface area contributed by atoms with Crippen LogP contribution >= 0.6 is 0 Å². The van der Waals surface area contributed by atoms with Gasteiger partial charge in [0.2, 0.25) is 0 Å². The maximum Gasteiger partial charge on any atom is 0.0701 e. The van der Waals surface area contributed by atoms with Gasteiger partial charge in [-0.15, -0.1) is 0 Å². The molecule has 0 N–H and O–H groups in total. The lowest BCUT2D eigenvalue weighted by Gasteiger charge is -2.03. The highest BCUT2D eigenvalue weighted by molar-refractivity contribution is 6.58. The molecule has 0 aliphatic heterocycles. The predicted octanol–water partition coefficient (Wildman–Crippen LogP) is 4.51. The average Bonchev–Trinajstić information content (AvgIpc) is 2.42. The van der Waals surface area contributed by atoms with E-state index in [2.05, 4.69) is 37.9 Å². The Labute approximate surface area is 107 Å². The van der Waals surface area contributed by atoms with E-state index < -0.39 is 0 Å². The van der Waals surface area contributed by atoms with E-state index in [4.69, 9.17) is 0 Å². The molecule has 17 heavy (non-hydrogen) atoms. The molecule has 0 saturated heterocycles. The molecular weight excluding hydrogens is 222 g/mol. The zero-order valence-electron chi connectivity index (χ0n) is 11.2. The summed E-state index contributed by atoms with van der Waals surface area (Å²) in [6.07, 6.45) is 1.81. The molecular formula is C15H23NSi. The Hall–Kier alpha value is -1.15. The van der Waals surface area contributed by atoms with Crippen molar-refractivity contribution >= 4 is 19.7 Å². The first-order valence-corrected chi connectivity index (χ1v) is 9.06. The highest BCUT2D eigenvalue weighted by atomic mass is 28.3. The number of pyridine rings is 1. The minimum absolute atomic E-state index is 0.171. The lowest BCUT2D eigenvalue weighted by Crippen LogP contribution is -2.04. The molecule has 1 heterocycles. The molecule has 1 aromatic carbocycles. The van der Waals surface area contributed by atoms with E-state index in [-0.39, 0.29) is 8.80 Å². The fourth-order valence-electron chi connectivity index (χ4n) is 1.88. The van der Waals surface area contributed by atoms with Crippen molar-refractivity contribution < 1.29 is 0 Å². The minimum atomic E-state index is -0.171. The van der Waals surface area contributed by atoms with Crippen molar-refractivity contribution in [2.45, 2.75) is 38.9 Å². The second-order valence-corrected chi connectivity index (χ2v) is 8.47. The minimum Gasteiger partial charge on any atom is -0.256 e. The third kappa shape index (κ3) is 4.69. The summed E-state index contributed by atoms with van der Waals surface area (Å²) in [6.45, 7) is 6.97. The van der Waals surface area contributed by atoms with Gasteiger partial charge in [0.05, 0.1) is 5.52 Å². The summed E-state index contributed by atoms with van der Waals surface area (Å²) in [4.78, 5) is 4.18. The number of rotatable bonds is 3. The summed E-state index contributed by atoms with van der Waals surface area (Å²) in [5.74, 6) is 0. The smallest absolute Gasteiger partial charge is 0.0701 e. The third-order valence-corrected chi connectivity index (χ3v) is 6.71. The number of hydrogen-bond acceptors (Lipinski definition) is 1. The molecule has 0 fully saturated rings. The molecule has 2 heteroatoms. The van der Waals surface area contributed by atoms with Crippen LogP contribution in [0.15, 0.2) is 42.6 Å². The maximum atomic E-state index is 4.18. The van der Waals surface area contributed by atoms with Gasteiger partial charge >= 0.3 is 0 Å². The van der Waals surface area contributed by atoms with Crippen LogP contribution in [0.4, 0.5) is 0 Å². The molecule has 92 valence electrons. The van der Waals surface area contributed by atoms with Gasteiger partial charge in [0.25, 0.3) is 0 Å². The molecule has 1 aromatic heterocycles. The Morgan fingerprint density at radius 2 is 1.47 bits per heavy atom. The van der Waals surface area contributed by atoms with Crippen LogP contribution in [0.1, 0.15) is 20.8 Å². The number of benzene rings is 1. The molecule has 0 aliphatic carbocycles. The van der Waals surface area contributed by atoms with Gasteiger partial charge in [-0.3, -0.25) is 4.98 Å². The molecule has 0 aliphatic rings. The standard InChI is InChI=1S/C9H7N.C6H16Si/c1-2-6-9-8(4-1)5-3-7-10-9;1-4-7(5-2)6-3/h1-7H;7H,4-6H2,1-3H3. The first-order chi connectivity index (χ1) is 8.31. The number of fused-ring (bicyclic) bond motifs is 1. The lowest BCUT2D eigenvalue weighted by molar-refractivity contribution is 1.24. The Bertz CT molecular complexity index is 353. The van der Waals surface area contributed by atoms with Crippen molar-refractivity contribution in [3.05, 3.63) is 42.6 Å². The Morgan fingerprint density at radius 1 is 0.882 bits per heavy atom. The van der Waals surface area contributed by atoms with E-state index in [9.17, 15) is 0 Å². The first kappa shape index (κ1) is 13.9. The summed E-state index contributed by atoms with van der Waals surface area (Å²) < 4.78 is 0. The van der Waals surface area contributed by atoms with Gasteiger partial charge in [-0.2, -0.15) is 0 Å². The second-order valence-electron chi connectivity index (χ2n) is 4.29. The van der Waals surface area contributed by atoms with E-state index in [0.717, 1.165) is 5.52 Å². The third-order valence-electron chi connectivity index (χ3n) is 3.24. The van der Waals surface area contributed by atoms with E-state index in [1.165, 1.54) is 23.5 Å². The molecule has 2 aromatic rings. The normalized spacial score (nSPS) is 10.1. The average molecular weight is 245 g/mol. The fraction of sp³-hybridized carbons (Fsp3) is 0.400. The summed E-state index contributed by atoms with van der Waals surface area (Å²) in [5.41, 5.74) is 1.06. The van der Waals surface area contributed by atoms with Crippen molar-refractivity contribution in [1.82, 2.24) is 4.98 Å². The predicted molar refractivity (Wildman–Crippen MR) is 80.3 cm³/mol. The molecule has 1 nitrogen and oxygen atoms in total. The summed E-state index contributed by atoms with van der Waals surface area (Å²) in [6, 6.07) is 16.6. The van der Waals surface area contributed by atoms with Gasteiger partial charge < -0.3 is 0 Å². The SMILES string of the molecule is CC[SiH](CC)CC.c1ccc2ncccc2c1. The Balaban J connectivity index is 0.000000185. The summed E-state index contributed by atoms with van der Waals surface area (Å²) in [7, 11) is -0.171. The quantitative estimate of drug-likeness (QED) is 0.725. The van der Waals surface area contributed by atoms with Gasteiger partial charge in [-0.1, -0.05) is 63.2 Å². The van der Waals surface area contributed by atoms with Gasteiger partial charge in [0, 0.05) is 20.4 Å². The molecule has 0 bridgehead atoms. The Kier molecular flexibility index (Phi) is 6.56. The van der Waals surface area contributed by atoms with Crippen molar-refractivity contribution in [3.8, 4) is 0 Å². The van der Waals surface area contributed by atoms with E-state index >= 15 is 0 Å². The number of hydrogen-bond donors (Lipinski definition) is 0. The van der Waals surface area contributed by atoms with Crippen molar-refractivity contribution in [2.75, 3.05) is 0 Å². The molecule has 0 atom stereocenters. The zero-order chi connectivity index (χ0) is 12.5. The van der Waals surface area contributed by atoms with Crippen LogP contribution in [0.25, 0.3) is 10.9 Å². The van der Waals surface area contributed by atoms with Gasteiger partial charge in [-0.25, -0.2) is 0 Å². The lowest BCUT2D eigenvalue weighted by atomic mass is 10.2. The number of aromatic nitrogens is 1. The van der Waals surface area contributed by atoms with Gasteiger partial charge in [0.1, 0.15) is 0 Å². The topological polar surface area (TPSA) is 12.9 Å².